The Morgan fingerprint density at radius 2 is 1.73 bits per heavy atom. The Kier molecular flexibility index (Phi) is 6.75. The van der Waals surface area contributed by atoms with Crippen LogP contribution in [0.5, 0.6) is 0 Å². The summed E-state index contributed by atoms with van der Waals surface area (Å²) < 4.78 is 3.30. The van der Waals surface area contributed by atoms with Crippen LogP contribution in [0.1, 0.15) is 6.42 Å². The second-order valence-corrected chi connectivity index (χ2v) is 8.18. The summed E-state index contributed by atoms with van der Waals surface area (Å²) in [6.07, 6.45) is 0.871. The molecule has 0 atom stereocenters. The fourth-order valence-corrected chi connectivity index (χ4v) is 4.05. The summed E-state index contributed by atoms with van der Waals surface area (Å²) in [4.78, 5) is 19.4. The molecule has 4 aromatic rings. The maximum Gasteiger partial charge on any atom is 0.271 e. The van der Waals surface area contributed by atoms with Gasteiger partial charge in [-0.05, 0) is 42.8 Å². The van der Waals surface area contributed by atoms with E-state index in [1.807, 2.05) is 48.5 Å². The number of nitro benzene ring substituents is 1. The van der Waals surface area contributed by atoms with Crippen LogP contribution in [0.15, 0.2) is 71.7 Å². The molecule has 0 aliphatic heterocycles. The molecule has 10 heteroatoms. The minimum Gasteiger partial charge on any atom is -0.370 e. The number of nitrogens with zero attached hydrogens (tertiary/aromatic N) is 3. The van der Waals surface area contributed by atoms with Gasteiger partial charge in [-0.2, -0.15) is 0 Å². The molecule has 4 rings (SSSR count). The first kappa shape index (κ1) is 22.2. The highest BCUT2D eigenvalue weighted by atomic mass is 32.2. The van der Waals surface area contributed by atoms with Crippen LogP contribution >= 0.6 is 11.9 Å². The van der Waals surface area contributed by atoms with Crippen molar-refractivity contribution in [3.8, 4) is 0 Å². The van der Waals surface area contributed by atoms with Gasteiger partial charge in [-0.1, -0.05) is 30.1 Å². The van der Waals surface area contributed by atoms with Gasteiger partial charge in [0.15, 0.2) is 5.96 Å². The number of pyridine rings is 1. The van der Waals surface area contributed by atoms with Crippen LogP contribution in [-0.4, -0.2) is 28.2 Å². The number of anilines is 3. The Balaban J connectivity index is 1.53. The fraction of sp³-hybridized carbons (Fsp3) is 0.130. The quantitative estimate of drug-likeness (QED) is 0.0531. The standard InChI is InChI=1S/C23H23N7O2S/c24-23(25)26-12-3-13-33-29-16-8-6-15(7-9-16)27-22-18-4-1-2-5-20(18)28-21-14-17(30(31)32)10-11-19(21)22/h1-2,4-11,14,29H,3,12-13H2,(H,27,28)(H4,24,25,26). The number of fused-ring (bicyclic) bond motifs is 2. The molecule has 0 spiro atoms. The van der Waals surface area contributed by atoms with Crippen LogP contribution in [0.2, 0.25) is 0 Å². The van der Waals surface area contributed by atoms with Crippen molar-refractivity contribution in [3.63, 3.8) is 0 Å². The van der Waals surface area contributed by atoms with Gasteiger partial charge in [-0.3, -0.25) is 15.1 Å². The summed E-state index contributed by atoms with van der Waals surface area (Å²) in [5.41, 5.74) is 14.7. The average Bonchev–Trinajstić information content (AvgIpc) is 2.81. The van der Waals surface area contributed by atoms with Crippen molar-refractivity contribution >= 4 is 62.5 Å². The van der Waals surface area contributed by atoms with Crippen LogP contribution in [-0.2, 0) is 0 Å². The van der Waals surface area contributed by atoms with Gasteiger partial charge < -0.3 is 21.5 Å². The molecule has 0 aliphatic rings. The molecule has 0 fully saturated rings. The van der Waals surface area contributed by atoms with Crippen LogP contribution in [0.25, 0.3) is 21.8 Å². The number of non-ortho nitro benzene ring substituents is 1. The lowest BCUT2D eigenvalue weighted by Crippen LogP contribution is -2.23. The molecule has 1 aromatic heterocycles. The number of hydrogen-bond donors (Lipinski definition) is 4. The Morgan fingerprint density at radius 1 is 1.00 bits per heavy atom. The largest absolute Gasteiger partial charge is 0.370 e. The van der Waals surface area contributed by atoms with E-state index in [0.717, 1.165) is 45.5 Å². The molecule has 9 nitrogen and oxygen atoms in total. The lowest BCUT2D eigenvalue weighted by molar-refractivity contribution is -0.384. The van der Waals surface area contributed by atoms with Crippen LogP contribution in [0.4, 0.5) is 22.7 Å². The minimum atomic E-state index is -0.409. The molecular formula is C23H23N7O2S. The van der Waals surface area contributed by atoms with Gasteiger partial charge in [-0.25, -0.2) is 4.98 Å². The average molecular weight is 462 g/mol. The number of hydrogen-bond acceptors (Lipinski definition) is 7. The van der Waals surface area contributed by atoms with E-state index in [1.54, 1.807) is 18.0 Å². The molecule has 1 heterocycles. The zero-order valence-corrected chi connectivity index (χ0v) is 18.5. The monoisotopic (exact) mass is 461 g/mol. The van der Waals surface area contributed by atoms with E-state index in [-0.39, 0.29) is 11.6 Å². The van der Waals surface area contributed by atoms with Gasteiger partial charge in [0.05, 0.1) is 21.6 Å². The number of guanidine groups is 1. The van der Waals surface area contributed by atoms with Crippen LogP contribution < -0.4 is 21.5 Å². The Hall–Kier alpha value is -4.05. The number of aromatic nitrogens is 1. The summed E-state index contributed by atoms with van der Waals surface area (Å²) in [7, 11) is 0. The molecule has 6 N–H and O–H groups in total. The van der Waals surface area contributed by atoms with Gasteiger partial charge in [0.1, 0.15) is 0 Å². The zero-order valence-electron chi connectivity index (χ0n) is 17.7. The van der Waals surface area contributed by atoms with Crippen molar-refractivity contribution in [3.05, 3.63) is 76.8 Å². The molecule has 3 aromatic carbocycles. The normalized spacial score (nSPS) is 10.8. The third-order valence-corrected chi connectivity index (χ3v) is 5.79. The summed E-state index contributed by atoms with van der Waals surface area (Å²) >= 11 is 1.59. The molecule has 0 aliphatic carbocycles. The first-order valence-electron chi connectivity index (χ1n) is 10.3. The van der Waals surface area contributed by atoms with E-state index in [1.165, 1.54) is 12.1 Å². The predicted molar refractivity (Wildman–Crippen MR) is 137 cm³/mol. The smallest absolute Gasteiger partial charge is 0.271 e. The topological polar surface area (TPSA) is 144 Å². The molecule has 168 valence electrons. The van der Waals surface area contributed by atoms with Crippen molar-refractivity contribution in [2.24, 2.45) is 16.5 Å². The zero-order chi connectivity index (χ0) is 23.2. The third-order valence-electron chi connectivity index (χ3n) is 4.92. The number of benzene rings is 3. The van der Waals surface area contributed by atoms with Gasteiger partial charge >= 0.3 is 0 Å². The maximum absolute atomic E-state index is 11.2. The van der Waals surface area contributed by atoms with Gasteiger partial charge in [0.2, 0.25) is 0 Å². The number of nitrogens with one attached hydrogen (secondary N) is 2. The van der Waals surface area contributed by atoms with Crippen molar-refractivity contribution in [2.45, 2.75) is 6.42 Å². The van der Waals surface area contributed by atoms with Crippen molar-refractivity contribution in [1.82, 2.24) is 4.98 Å². The van der Waals surface area contributed by atoms with E-state index < -0.39 is 4.92 Å². The Morgan fingerprint density at radius 3 is 2.48 bits per heavy atom. The van der Waals surface area contributed by atoms with E-state index in [4.69, 9.17) is 11.5 Å². The Labute approximate surface area is 194 Å². The van der Waals surface area contributed by atoms with E-state index >= 15 is 0 Å². The Bertz CT molecular complexity index is 1320. The molecule has 0 amide bonds. The highest BCUT2D eigenvalue weighted by molar-refractivity contribution is 8.00. The highest BCUT2D eigenvalue weighted by Gasteiger charge is 2.13. The molecule has 0 saturated heterocycles. The van der Waals surface area contributed by atoms with Crippen molar-refractivity contribution in [1.29, 1.82) is 0 Å². The molecular weight excluding hydrogens is 438 g/mol. The van der Waals surface area contributed by atoms with Gasteiger partial charge in [0, 0.05) is 46.6 Å². The van der Waals surface area contributed by atoms with E-state index in [2.05, 4.69) is 20.0 Å². The van der Waals surface area contributed by atoms with Crippen molar-refractivity contribution < 1.29 is 4.92 Å². The van der Waals surface area contributed by atoms with Crippen LogP contribution in [0, 0.1) is 10.1 Å². The first-order chi connectivity index (χ1) is 16.0. The van der Waals surface area contributed by atoms with Crippen LogP contribution in [0.3, 0.4) is 0 Å². The molecule has 0 saturated carbocycles. The van der Waals surface area contributed by atoms with Gasteiger partial charge in [-0.15, -0.1) is 0 Å². The molecule has 0 radical (unpaired) electrons. The lowest BCUT2D eigenvalue weighted by atomic mass is 10.1. The molecule has 0 unspecified atom stereocenters. The second kappa shape index (κ2) is 10.0. The number of para-hydroxylation sites is 1. The number of nitro groups is 1. The molecule has 0 bridgehead atoms. The summed E-state index contributed by atoms with van der Waals surface area (Å²) in [6.45, 7) is 0.608. The second-order valence-electron chi connectivity index (χ2n) is 7.28. The summed E-state index contributed by atoms with van der Waals surface area (Å²) in [6, 6.07) is 20.4. The predicted octanol–water partition coefficient (Wildman–Crippen LogP) is 4.76. The minimum absolute atomic E-state index is 0.0162. The molecule has 33 heavy (non-hydrogen) atoms. The number of aliphatic imine (C=N–C) groups is 1. The number of rotatable bonds is 9. The maximum atomic E-state index is 11.2. The SMILES string of the molecule is NC(N)=NCCCSNc1ccc(Nc2c3ccccc3nc3cc([N+](=O)[O-])ccc23)cc1. The summed E-state index contributed by atoms with van der Waals surface area (Å²) in [5, 5.41) is 16.4. The number of nitrogens with two attached hydrogens (primary N) is 2. The summed E-state index contributed by atoms with van der Waals surface area (Å²) in [5.74, 6) is 0.988. The van der Waals surface area contributed by atoms with Crippen molar-refractivity contribution in [2.75, 3.05) is 22.3 Å². The first-order valence-corrected chi connectivity index (χ1v) is 11.3. The van der Waals surface area contributed by atoms with Gasteiger partial charge in [0.25, 0.3) is 5.69 Å². The third kappa shape index (κ3) is 5.42. The van der Waals surface area contributed by atoms with E-state index in [0.29, 0.717) is 12.1 Å². The fourth-order valence-electron chi connectivity index (χ4n) is 3.37. The van der Waals surface area contributed by atoms with E-state index in [9.17, 15) is 10.1 Å². The highest BCUT2D eigenvalue weighted by Crippen LogP contribution is 2.34. The lowest BCUT2D eigenvalue weighted by Gasteiger charge is -2.14.